The number of hydrogen-bond donors (Lipinski definition) is 1. The summed E-state index contributed by atoms with van der Waals surface area (Å²) in [6.45, 7) is 4.97. The van der Waals surface area contributed by atoms with Gasteiger partial charge in [-0.1, -0.05) is 0 Å². The third-order valence-electron chi connectivity index (χ3n) is 2.59. The molecule has 1 N–H and O–H groups in total. The average Bonchev–Trinajstić information content (AvgIpc) is 2.45. The molecule has 1 rings (SSSR count). The highest BCUT2D eigenvalue weighted by Crippen LogP contribution is 2.36. The normalized spacial score (nSPS) is 10.6. The summed E-state index contributed by atoms with van der Waals surface area (Å²) < 4.78 is 22.0. The second kappa shape index (κ2) is 9.99. The molecule has 0 unspecified atom stereocenters. The number of halogens is 1. The van der Waals surface area contributed by atoms with Gasteiger partial charge in [0.15, 0.2) is 18.3 Å². The van der Waals surface area contributed by atoms with Crippen LogP contribution >= 0.6 is 15.9 Å². The maximum absolute atomic E-state index is 5.56. The Hall–Kier alpha value is -0.820. The van der Waals surface area contributed by atoms with Gasteiger partial charge in [-0.25, -0.2) is 0 Å². The SMILES string of the molecule is CCOCOc1c(Br)cc(CNCCOC)cc1OC. The van der Waals surface area contributed by atoms with E-state index in [2.05, 4.69) is 21.2 Å². The average molecular weight is 348 g/mol. The quantitative estimate of drug-likeness (QED) is 0.520. The van der Waals surface area contributed by atoms with Gasteiger partial charge < -0.3 is 24.3 Å². The lowest BCUT2D eigenvalue weighted by Gasteiger charge is -2.14. The molecule has 5 nitrogen and oxygen atoms in total. The van der Waals surface area contributed by atoms with E-state index in [0.717, 1.165) is 23.1 Å². The Morgan fingerprint density at radius 2 is 2.05 bits per heavy atom. The van der Waals surface area contributed by atoms with Gasteiger partial charge in [0.25, 0.3) is 0 Å². The first-order valence-electron chi connectivity index (χ1n) is 6.49. The van der Waals surface area contributed by atoms with Crippen molar-refractivity contribution in [1.29, 1.82) is 0 Å². The molecule has 6 heteroatoms. The van der Waals surface area contributed by atoms with E-state index in [1.54, 1.807) is 14.2 Å². The predicted octanol–water partition coefficient (Wildman–Crippen LogP) is 2.57. The van der Waals surface area contributed by atoms with Gasteiger partial charge in [0.05, 0.1) is 18.2 Å². The summed E-state index contributed by atoms with van der Waals surface area (Å²) in [5.74, 6) is 1.34. The fourth-order valence-corrected chi connectivity index (χ4v) is 2.21. The number of rotatable bonds is 10. The molecule has 0 radical (unpaired) electrons. The Morgan fingerprint density at radius 3 is 2.70 bits per heavy atom. The molecule has 0 saturated heterocycles. The van der Waals surface area contributed by atoms with Crippen LogP contribution in [0.1, 0.15) is 12.5 Å². The van der Waals surface area contributed by atoms with Crippen LogP contribution in [0.15, 0.2) is 16.6 Å². The summed E-state index contributed by atoms with van der Waals surface area (Å²) >= 11 is 3.50. The Kier molecular flexibility index (Phi) is 8.60. The second-order valence-electron chi connectivity index (χ2n) is 4.03. The molecule has 1 aromatic carbocycles. The Labute approximate surface area is 128 Å². The van der Waals surface area contributed by atoms with Crippen molar-refractivity contribution in [3.63, 3.8) is 0 Å². The van der Waals surface area contributed by atoms with E-state index < -0.39 is 0 Å². The summed E-state index contributed by atoms with van der Waals surface area (Å²) in [6.07, 6.45) is 0. The van der Waals surface area contributed by atoms with Gasteiger partial charge >= 0.3 is 0 Å². The van der Waals surface area contributed by atoms with Crippen molar-refractivity contribution >= 4 is 15.9 Å². The standard InChI is InChI=1S/C14H22BrNO4/c1-4-19-10-20-14-12(15)7-11(8-13(14)18-3)9-16-5-6-17-2/h7-8,16H,4-6,9-10H2,1-3H3. The largest absolute Gasteiger partial charge is 0.493 e. The van der Waals surface area contributed by atoms with Gasteiger partial charge in [-0.3, -0.25) is 0 Å². The molecular weight excluding hydrogens is 326 g/mol. The molecule has 0 fully saturated rings. The van der Waals surface area contributed by atoms with E-state index in [1.165, 1.54) is 0 Å². The fraction of sp³-hybridized carbons (Fsp3) is 0.571. The summed E-state index contributed by atoms with van der Waals surface area (Å²) in [7, 11) is 3.31. The van der Waals surface area contributed by atoms with Crippen molar-refractivity contribution in [1.82, 2.24) is 5.32 Å². The zero-order chi connectivity index (χ0) is 14.8. The van der Waals surface area contributed by atoms with Gasteiger partial charge in [-0.05, 0) is 40.5 Å². The number of hydrogen-bond acceptors (Lipinski definition) is 5. The topological polar surface area (TPSA) is 49.0 Å². The highest BCUT2D eigenvalue weighted by Gasteiger charge is 2.11. The molecule has 0 saturated carbocycles. The number of nitrogens with one attached hydrogen (secondary N) is 1. The van der Waals surface area contributed by atoms with Gasteiger partial charge in [0.1, 0.15) is 0 Å². The first-order valence-corrected chi connectivity index (χ1v) is 7.28. The van der Waals surface area contributed by atoms with Crippen molar-refractivity contribution in [2.24, 2.45) is 0 Å². The fourth-order valence-electron chi connectivity index (χ4n) is 1.61. The zero-order valence-corrected chi connectivity index (χ0v) is 13.8. The molecule has 0 spiro atoms. The molecule has 0 heterocycles. The van der Waals surface area contributed by atoms with Crippen molar-refractivity contribution in [2.75, 3.05) is 40.8 Å². The van der Waals surface area contributed by atoms with Crippen molar-refractivity contribution < 1.29 is 18.9 Å². The third kappa shape index (κ3) is 5.66. The molecule has 0 aromatic heterocycles. The van der Waals surface area contributed by atoms with Crippen LogP contribution in [-0.2, 0) is 16.0 Å². The van der Waals surface area contributed by atoms with Crippen LogP contribution in [0.4, 0.5) is 0 Å². The van der Waals surface area contributed by atoms with E-state index in [0.29, 0.717) is 24.7 Å². The van der Waals surface area contributed by atoms with Crippen LogP contribution in [-0.4, -0.2) is 40.8 Å². The van der Waals surface area contributed by atoms with Crippen LogP contribution in [0.25, 0.3) is 0 Å². The molecule has 20 heavy (non-hydrogen) atoms. The van der Waals surface area contributed by atoms with E-state index in [4.69, 9.17) is 18.9 Å². The van der Waals surface area contributed by atoms with E-state index in [9.17, 15) is 0 Å². The molecule has 0 aliphatic heterocycles. The van der Waals surface area contributed by atoms with Crippen molar-refractivity contribution in [3.8, 4) is 11.5 Å². The number of benzene rings is 1. The first-order chi connectivity index (χ1) is 9.72. The van der Waals surface area contributed by atoms with E-state index >= 15 is 0 Å². The van der Waals surface area contributed by atoms with Gasteiger partial charge in [-0.15, -0.1) is 0 Å². The summed E-state index contributed by atoms with van der Waals surface area (Å²) in [5.41, 5.74) is 1.11. The Balaban J connectivity index is 2.68. The first kappa shape index (κ1) is 17.2. The molecular formula is C14H22BrNO4. The smallest absolute Gasteiger partial charge is 0.189 e. The number of methoxy groups -OCH3 is 2. The van der Waals surface area contributed by atoms with Gasteiger partial charge in [0, 0.05) is 26.8 Å². The molecule has 0 bridgehead atoms. The minimum absolute atomic E-state index is 0.205. The van der Waals surface area contributed by atoms with Crippen LogP contribution < -0.4 is 14.8 Å². The summed E-state index contributed by atoms with van der Waals surface area (Å²) in [6, 6.07) is 3.95. The second-order valence-corrected chi connectivity index (χ2v) is 4.89. The van der Waals surface area contributed by atoms with Gasteiger partial charge in [-0.2, -0.15) is 0 Å². The van der Waals surface area contributed by atoms with Crippen LogP contribution in [0.2, 0.25) is 0 Å². The Morgan fingerprint density at radius 1 is 1.25 bits per heavy atom. The van der Waals surface area contributed by atoms with Crippen molar-refractivity contribution in [3.05, 3.63) is 22.2 Å². The Bertz CT molecular complexity index is 401. The van der Waals surface area contributed by atoms with Crippen LogP contribution in [0.3, 0.4) is 0 Å². The summed E-state index contributed by atoms with van der Waals surface area (Å²) in [5, 5.41) is 3.29. The van der Waals surface area contributed by atoms with E-state index in [1.807, 2.05) is 19.1 Å². The van der Waals surface area contributed by atoms with Gasteiger partial charge in [0.2, 0.25) is 0 Å². The molecule has 114 valence electrons. The molecule has 0 amide bonds. The lowest BCUT2D eigenvalue weighted by atomic mass is 10.2. The number of ether oxygens (including phenoxy) is 4. The molecule has 0 aliphatic rings. The highest BCUT2D eigenvalue weighted by molar-refractivity contribution is 9.10. The highest BCUT2D eigenvalue weighted by atomic mass is 79.9. The lowest BCUT2D eigenvalue weighted by Crippen LogP contribution is -2.18. The molecule has 1 aromatic rings. The van der Waals surface area contributed by atoms with Crippen LogP contribution in [0, 0.1) is 0 Å². The monoisotopic (exact) mass is 347 g/mol. The molecule has 0 atom stereocenters. The zero-order valence-electron chi connectivity index (χ0n) is 12.2. The maximum Gasteiger partial charge on any atom is 0.189 e. The minimum atomic E-state index is 0.205. The summed E-state index contributed by atoms with van der Waals surface area (Å²) in [4.78, 5) is 0. The molecule has 0 aliphatic carbocycles. The lowest BCUT2D eigenvalue weighted by molar-refractivity contribution is 0.0204. The van der Waals surface area contributed by atoms with Crippen molar-refractivity contribution in [2.45, 2.75) is 13.5 Å². The third-order valence-corrected chi connectivity index (χ3v) is 3.18. The van der Waals surface area contributed by atoms with E-state index in [-0.39, 0.29) is 6.79 Å². The minimum Gasteiger partial charge on any atom is -0.493 e. The maximum atomic E-state index is 5.56. The van der Waals surface area contributed by atoms with Crippen LogP contribution in [0.5, 0.6) is 11.5 Å². The predicted molar refractivity (Wildman–Crippen MR) is 81.4 cm³/mol.